The lowest BCUT2D eigenvalue weighted by atomic mass is 10.1. The van der Waals surface area contributed by atoms with Crippen LogP contribution in [0.1, 0.15) is 31.0 Å². The number of rotatable bonds is 7. The average Bonchev–Trinajstić information content (AvgIpc) is 2.52. The maximum atomic E-state index is 13.3. The van der Waals surface area contributed by atoms with Gasteiger partial charge in [0.1, 0.15) is 5.75 Å². The predicted molar refractivity (Wildman–Crippen MR) is 85.2 cm³/mol. The molecule has 2 aromatic rings. The first-order valence-corrected chi connectivity index (χ1v) is 7.65. The van der Waals surface area contributed by atoms with Gasteiger partial charge in [0.15, 0.2) is 17.5 Å². The normalized spacial score (nSPS) is 12.5. The SMILES string of the molecule is CC(C)Oc1cccc(CNC(CO)c2cc(F)c(F)c(F)c2)c1. The molecule has 0 saturated heterocycles. The molecule has 1 atom stereocenters. The second kappa shape index (κ2) is 8.17. The summed E-state index contributed by atoms with van der Waals surface area (Å²) in [5, 5.41) is 12.5. The first kappa shape index (κ1) is 18.3. The van der Waals surface area contributed by atoms with Crippen LogP contribution in [0.5, 0.6) is 5.75 Å². The molecule has 0 aromatic heterocycles. The van der Waals surface area contributed by atoms with Gasteiger partial charge in [-0.05, 0) is 49.2 Å². The van der Waals surface area contributed by atoms with E-state index in [1.165, 1.54) is 0 Å². The number of nitrogens with one attached hydrogen (secondary N) is 1. The van der Waals surface area contributed by atoms with Crippen molar-refractivity contribution in [3.63, 3.8) is 0 Å². The largest absolute Gasteiger partial charge is 0.491 e. The van der Waals surface area contributed by atoms with Gasteiger partial charge in [-0.25, -0.2) is 13.2 Å². The van der Waals surface area contributed by atoms with Crippen LogP contribution in [0, 0.1) is 17.5 Å². The van der Waals surface area contributed by atoms with E-state index in [0.717, 1.165) is 17.7 Å². The molecule has 0 aliphatic carbocycles. The van der Waals surface area contributed by atoms with E-state index in [0.29, 0.717) is 12.3 Å². The highest BCUT2D eigenvalue weighted by Crippen LogP contribution is 2.20. The number of ether oxygens (including phenoxy) is 1. The summed E-state index contributed by atoms with van der Waals surface area (Å²) in [6.07, 6.45) is 0.0450. The van der Waals surface area contributed by atoms with Crippen molar-refractivity contribution in [3.05, 3.63) is 65.0 Å². The van der Waals surface area contributed by atoms with Gasteiger partial charge in [0, 0.05) is 6.54 Å². The number of aliphatic hydroxyl groups is 1. The predicted octanol–water partition coefficient (Wildman–Crippen LogP) is 3.71. The van der Waals surface area contributed by atoms with Crippen LogP contribution in [-0.4, -0.2) is 17.8 Å². The fourth-order valence-corrected chi connectivity index (χ4v) is 2.31. The van der Waals surface area contributed by atoms with Crippen LogP contribution in [0.15, 0.2) is 36.4 Å². The quantitative estimate of drug-likeness (QED) is 0.756. The number of halogens is 3. The average molecular weight is 339 g/mol. The van der Waals surface area contributed by atoms with Gasteiger partial charge in [0.2, 0.25) is 0 Å². The standard InChI is InChI=1S/C18H20F3NO2/c1-11(2)24-14-5-3-4-12(6-14)9-22-17(10-23)13-7-15(19)18(21)16(20)8-13/h3-8,11,17,22-23H,9-10H2,1-2H3. The molecule has 0 aliphatic heterocycles. The molecule has 0 heterocycles. The number of aliphatic hydroxyl groups excluding tert-OH is 1. The number of benzene rings is 2. The number of hydrogen-bond acceptors (Lipinski definition) is 3. The van der Waals surface area contributed by atoms with Gasteiger partial charge in [-0.1, -0.05) is 12.1 Å². The highest BCUT2D eigenvalue weighted by molar-refractivity contribution is 5.29. The Bertz CT molecular complexity index is 669. The fourth-order valence-electron chi connectivity index (χ4n) is 2.31. The Kier molecular flexibility index (Phi) is 6.23. The van der Waals surface area contributed by atoms with Crippen LogP contribution in [0.25, 0.3) is 0 Å². The second-order valence-electron chi connectivity index (χ2n) is 5.73. The third-order valence-electron chi connectivity index (χ3n) is 3.41. The van der Waals surface area contributed by atoms with Gasteiger partial charge >= 0.3 is 0 Å². The molecule has 130 valence electrons. The van der Waals surface area contributed by atoms with Gasteiger partial charge in [0.05, 0.1) is 18.8 Å². The van der Waals surface area contributed by atoms with Crippen molar-refractivity contribution < 1.29 is 23.0 Å². The van der Waals surface area contributed by atoms with Crippen molar-refractivity contribution in [1.29, 1.82) is 0 Å². The zero-order valence-corrected chi connectivity index (χ0v) is 13.5. The van der Waals surface area contributed by atoms with E-state index in [1.807, 2.05) is 38.1 Å². The Morgan fingerprint density at radius 1 is 1.08 bits per heavy atom. The highest BCUT2D eigenvalue weighted by atomic mass is 19.2. The van der Waals surface area contributed by atoms with Crippen molar-refractivity contribution in [2.45, 2.75) is 32.5 Å². The van der Waals surface area contributed by atoms with E-state index in [2.05, 4.69) is 5.32 Å². The summed E-state index contributed by atoms with van der Waals surface area (Å²) >= 11 is 0. The van der Waals surface area contributed by atoms with E-state index in [-0.39, 0.29) is 18.3 Å². The van der Waals surface area contributed by atoms with Gasteiger partial charge < -0.3 is 15.2 Å². The van der Waals surface area contributed by atoms with Crippen molar-refractivity contribution in [2.75, 3.05) is 6.61 Å². The van der Waals surface area contributed by atoms with E-state index in [9.17, 15) is 18.3 Å². The van der Waals surface area contributed by atoms with Gasteiger partial charge in [-0.2, -0.15) is 0 Å². The third kappa shape index (κ3) is 4.72. The van der Waals surface area contributed by atoms with Crippen LogP contribution in [0.3, 0.4) is 0 Å². The lowest BCUT2D eigenvalue weighted by Gasteiger charge is -2.18. The summed E-state index contributed by atoms with van der Waals surface area (Å²) in [5.41, 5.74) is 1.03. The van der Waals surface area contributed by atoms with Gasteiger partial charge in [0.25, 0.3) is 0 Å². The first-order valence-electron chi connectivity index (χ1n) is 7.65. The summed E-state index contributed by atoms with van der Waals surface area (Å²) in [5.74, 6) is -3.37. The topological polar surface area (TPSA) is 41.5 Å². The van der Waals surface area contributed by atoms with Crippen molar-refractivity contribution >= 4 is 0 Å². The number of hydrogen-bond donors (Lipinski definition) is 2. The molecule has 2 aromatic carbocycles. The first-order chi connectivity index (χ1) is 11.4. The summed E-state index contributed by atoms with van der Waals surface area (Å²) in [6.45, 7) is 3.81. The zero-order valence-electron chi connectivity index (χ0n) is 13.5. The molecule has 0 amide bonds. The van der Waals surface area contributed by atoms with Crippen molar-refractivity contribution in [1.82, 2.24) is 5.32 Å². The smallest absolute Gasteiger partial charge is 0.194 e. The molecule has 3 nitrogen and oxygen atoms in total. The van der Waals surface area contributed by atoms with E-state index >= 15 is 0 Å². The van der Waals surface area contributed by atoms with E-state index < -0.39 is 23.5 Å². The molecular weight excluding hydrogens is 319 g/mol. The zero-order chi connectivity index (χ0) is 17.7. The molecule has 0 bridgehead atoms. The van der Waals surface area contributed by atoms with Gasteiger partial charge in [-0.15, -0.1) is 0 Å². The molecule has 0 radical (unpaired) electrons. The maximum absolute atomic E-state index is 13.3. The van der Waals surface area contributed by atoms with Gasteiger partial charge in [-0.3, -0.25) is 0 Å². The second-order valence-corrected chi connectivity index (χ2v) is 5.73. The minimum atomic E-state index is -1.52. The highest BCUT2D eigenvalue weighted by Gasteiger charge is 2.16. The molecule has 24 heavy (non-hydrogen) atoms. The van der Waals surface area contributed by atoms with Crippen molar-refractivity contribution in [3.8, 4) is 5.75 Å². The van der Waals surface area contributed by atoms with Crippen LogP contribution in [0.4, 0.5) is 13.2 Å². The molecule has 0 fully saturated rings. The minimum Gasteiger partial charge on any atom is -0.491 e. The molecule has 0 saturated carbocycles. The molecular formula is C18H20F3NO2. The Balaban J connectivity index is 2.09. The lowest BCUT2D eigenvalue weighted by Crippen LogP contribution is -2.24. The summed E-state index contributed by atoms with van der Waals surface area (Å²) < 4.78 is 45.3. The lowest BCUT2D eigenvalue weighted by molar-refractivity contribution is 0.240. The van der Waals surface area contributed by atoms with Crippen LogP contribution < -0.4 is 10.1 Å². The van der Waals surface area contributed by atoms with Crippen LogP contribution in [0.2, 0.25) is 0 Å². The Morgan fingerprint density at radius 3 is 2.33 bits per heavy atom. The molecule has 0 spiro atoms. The summed E-state index contributed by atoms with van der Waals surface area (Å²) in [6, 6.07) is 8.41. The van der Waals surface area contributed by atoms with E-state index in [1.54, 1.807) is 0 Å². The summed E-state index contributed by atoms with van der Waals surface area (Å²) in [4.78, 5) is 0. The Morgan fingerprint density at radius 2 is 1.75 bits per heavy atom. The monoisotopic (exact) mass is 339 g/mol. The molecule has 0 aliphatic rings. The molecule has 2 N–H and O–H groups in total. The van der Waals surface area contributed by atoms with Crippen LogP contribution in [-0.2, 0) is 6.54 Å². The summed E-state index contributed by atoms with van der Waals surface area (Å²) in [7, 11) is 0. The fraction of sp³-hybridized carbons (Fsp3) is 0.333. The van der Waals surface area contributed by atoms with Crippen LogP contribution >= 0.6 is 0 Å². The Hall–Kier alpha value is -2.05. The van der Waals surface area contributed by atoms with E-state index in [4.69, 9.17) is 4.74 Å². The molecule has 1 unspecified atom stereocenters. The maximum Gasteiger partial charge on any atom is 0.194 e. The molecule has 2 rings (SSSR count). The third-order valence-corrected chi connectivity index (χ3v) is 3.41. The van der Waals surface area contributed by atoms with Crippen molar-refractivity contribution in [2.24, 2.45) is 0 Å². The Labute approximate surface area is 139 Å². The molecule has 6 heteroatoms. The minimum absolute atomic E-state index is 0.0450.